The maximum atomic E-state index is 11.2. The molecule has 0 atom stereocenters. The molecule has 0 saturated carbocycles. The van der Waals surface area contributed by atoms with Gasteiger partial charge >= 0.3 is 0 Å². The van der Waals surface area contributed by atoms with Crippen molar-refractivity contribution in [2.24, 2.45) is 5.92 Å². The highest BCUT2D eigenvalue weighted by Crippen LogP contribution is 2.14. The van der Waals surface area contributed by atoms with Crippen LogP contribution in [0.15, 0.2) is 0 Å². The summed E-state index contributed by atoms with van der Waals surface area (Å²) in [5.74, 6) is 1.32. The first-order chi connectivity index (χ1) is 10.7. The fourth-order valence-corrected chi connectivity index (χ4v) is 3.00. The lowest BCUT2D eigenvalue weighted by atomic mass is 10.0. The van der Waals surface area contributed by atoms with E-state index in [1.54, 1.807) is 0 Å². The normalized spacial score (nSPS) is 11.3. The summed E-state index contributed by atoms with van der Waals surface area (Å²) in [5, 5.41) is 0. The Morgan fingerprint density at radius 3 is 1.36 bits per heavy atom. The molecule has 0 unspecified atom stereocenters. The minimum atomic E-state index is 0.434. The Bertz CT molecular complexity index is 232. The number of unbranched alkanes of at least 4 members (excludes halogenated alkanes) is 12. The number of hydrogen-bond acceptors (Lipinski definition) is 1. The lowest BCUT2D eigenvalue weighted by Crippen LogP contribution is -1.94. The fraction of sp³-hybridized carbons (Fsp3) is 0.952. The van der Waals surface area contributed by atoms with E-state index in [4.69, 9.17) is 0 Å². The van der Waals surface area contributed by atoms with Gasteiger partial charge in [0.15, 0.2) is 0 Å². The fourth-order valence-electron chi connectivity index (χ4n) is 3.00. The molecule has 0 N–H and O–H groups in total. The molecule has 0 heterocycles. The van der Waals surface area contributed by atoms with Crippen LogP contribution >= 0.6 is 0 Å². The number of Topliss-reactive ketones (excluding diaryl/α,β-unsaturated/α-hetero) is 1. The topological polar surface area (TPSA) is 17.1 Å². The molecule has 1 heteroatoms. The largest absolute Gasteiger partial charge is 0.300 e. The predicted molar refractivity (Wildman–Crippen MR) is 99.4 cm³/mol. The van der Waals surface area contributed by atoms with Crippen LogP contribution < -0.4 is 0 Å². The van der Waals surface area contributed by atoms with Crippen molar-refractivity contribution in [2.45, 2.75) is 124 Å². The van der Waals surface area contributed by atoms with E-state index < -0.39 is 0 Å². The first-order valence-electron chi connectivity index (χ1n) is 10.2. The van der Waals surface area contributed by atoms with Crippen molar-refractivity contribution in [2.75, 3.05) is 0 Å². The van der Waals surface area contributed by atoms with Gasteiger partial charge in [0.05, 0.1) is 0 Å². The SMILES string of the molecule is CCC(=O)CCCCCCCCCCCCCCCC(C)C. The minimum Gasteiger partial charge on any atom is -0.300 e. The van der Waals surface area contributed by atoms with Crippen LogP contribution in [-0.2, 0) is 4.79 Å². The van der Waals surface area contributed by atoms with Crippen molar-refractivity contribution in [1.29, 1.82) is 0 Å². The zero-order valence-corrected chi connectivity index (χ0v) is 15.8. The first-order valence-corrected chi connectivity index (χ1v) is 10.2. The summed E-state index contributed by atoms with van der Waals surface area (Å²) >= 11 is 0. The Balaban J connectivity index is 3.01. The molecule has 0 fully saturated rings. The first kappa shape index (κ1) is 21.7. The van der Waals surface area contributed by atoms with Crippen molar-refractivity contribution in [3.05, 3.63) is 0 Å². The van der Waals surface area contributed by atoms with Crippen molar-refractivity contribution in [3.8, 4) is 0 Å². The third kappa shape index (κ3) is 17.7. The quantitative estimate of drug-likeness (QED) is 0.255. The molecular weight excluding hydrogens is 268 g/mol. The van der Waals surface area contributed by atoms with Crippen molar-refractivity contribution in [1.82, 2.24) is 0 Å². The maximum Gasteiger partial charge on any atom is 0.132 e. The molecule has 132 valence electrons. The van der Waals surface area contributed by atoms with E-state index in [0.717, 1.165) is 25.2 Å². The molecule has 0 aliphatic rings. The van der Waals surface area contributed by atoms with Gasteiger partial charge in [-0.15, -0.1) is 0 Å². The highest BCUT2D eigenvalue weighted by Gasteiger charge is 1.98. The predicted octanol–water partition coefficient (Wildman–Crippen LogP) is 7.47. The summed E-state index contributed by atoms with van der Waals surface area (Å²) < 4.78 is 0. The average Bonchev–Trinajstić information content (AvgIpc) is 2.50. The van der Waals surface area contributed by atoms with Crippen LogP contribution in [0.5, 0.6) is 0 Å². The standard InChI is InChI=1S/C21H42O/c1-4-21(22)19-17-15-13-11-9-7-5-6-8-10-12-14-16-18-20(2)3/h20H,4-19H2,1-3H3. The second kappa shape index (κ2) is 17.0. The molecule has 0 aromatic rings. The lowest BCUT2D eigenvalue weighted by molar-refractivity contribution is -0.118. The Hall–Kier alpha value is -0.330. The van der Waals surface area contributed by atoms with Crippen LogP contribution in [0, 0.1) is 5.92 Å². The van der Waals surface area contributed by atoms with Gasteiger partial charge in [0.1, 0.15) is 5.78 Å². The van der Waals surface area contributed by atoms with E-state index in [0.29, 0.717) is 5.78 Å². The van der Waals surface area contributed by atoms with Gasteiger partial charge in [-0.05, 0) is 12.3 Å². The third-order valence-electron chi connectivity index (χ3n) is 4.63. The van der Waals surface area contributed by atoms with E-state index in [9.17, 15) is 4.79 Å². The molecule has 0 bridgehead atoms. The number of rotatable bonds is 17. The Kier molecular flexibility index (Phi) is 16.8. The van der Waals surface area contributed by atoms with Crippen LogP contribution in [0.2, 0.25) is 0 Å². The Labute approximate surface area is 140 Å². The third-order valence-corrected chi connectivity index (χ3v) is 4.63. The maximum absolute atomic E-state index is 11.2. The molecule has 0 aliphatic heterocycles. The molecule has 0 aromatic carbocycles. The zero-order valence-electron chi connectivity index (χ0n) is 15.8. The van der Waals surface area contributed by atoms with Gasteiger partial charge in [-0.3, -0.25) is 4.79 Å². The summed E-state index contributed by atoms with van der Waals surface area (Å²) in [6.45, 7) is 6.61. The summed E-state index contributed by atoms with van der Waals surface area (Å²) in [7, 11) is 0. The van der Waals surface area contributed by atoms with Gasteiger partial charge in [-0.1, -0.05) is 104 Å². The number of ketones is 1. The Morgan fingerprint density at radius 2 is 1.00 bits per heavy atom. The average molecular weight is 311 g/mol. The smallest absolute Gasteiger partial charge is 0.132 e. The summed E-state index contributed by atoms with van der Waals surface area (Å²) in [6.07, 6.45) is 20.9. The summed E-state index contributed by atoms with van der Waals surface area (Å²) in [5.41, 5.74) is 0. The summed E-state index contributed by atoms with van der Waals surface area (Å²) in [6, 6.07) is 0. The second-order valence-corrected chi connectivity index (χ2v) is 7.42. The van der Waals surface area contributed by atoms with Gasteiger partial charge in [0.25, 0.3) is 0 Å². The monoisotopic (exact) mass is 310 g/mol. The van der Waals surface area contributed by atoms with E-state index >= 15 is 0 Å². The van der Waals surface area contributed by atoms with Crippen LogP contribution in [0.4, 0.5) is 0 Å². The Morgan fingerprint density at radius 1 is 0.636 bits per heavy atom. The number of hydrogen-bond donors (Lipinski definition) is 0. The van der Waals surface area contributed by atoms with Crippen molar-refractivity contribution < 1.29 is 4.79 Å². The van der Waals surface area contributed by atoms with Crippen LogP contribution in [0.3, 0.4) is 0 Å². The molecule has 0 saturated heterocycles. The van der Waals surface area contributed by atoms with Gasteiger partial charge in [-0.25, -0.2) is 0 Å². The van der Waals surface area contributed by atoms with E-state index in [1.165, 1.54) is 83.5 Å². The zero-order chi connectivity index (χ0) is 16.5. The van der Waals surface area contributed by atoms with Crippen LogP contribution in [0.25, 0.3) is 0 Å². The van der Waals surface area contributed by atoms with E-state index in [1.807, 2.05) is 6.92 Å². The minimum absolute atomic E-state index is 0.434. The van der Waals surface area contributed by atoms with Gasteiger partial charge in [0, 0.05) is 12.8 Å². The van der Waals surface area contributed by atoms with Gasteiger partial charge in [-0.2, -0.15) is 0 Å². The van der Waals surface area contributed by atoms with Crippen LogP contribution in [-0.4, -0.2) is 5.78 Å². The van der Waals surface area contributed by atoms with E-state index in [-0.39, 0.29) is 0 Å². The molecular formula is C21H42O. The molecule has 22 heavy (non-hydrogen) atoms. The molecule has 0 radical (unpaired) electrons. The highest BCUT2D eigenvalue weighted by molar-refractivity contribution is 5.77. The second-order valence-electron chi connectivity index (χ2n) is 7.42. The molecule has 0 amide bonds. The van der Waals surface area contributed by atoms with Crippen molar-refractivity contribution >= 4 is 5.78 Å². The molecule has 0 aliphatic carbocycles. The number of carbonyl (C=O) groups is 1. The summed E-state index contributed by atoms with van der Waals surface area (Å²) in [4.78, 5) is 11.2. The molecule has 0 spiro atoms. The van der Waals surface area contributed by atoms with Gasteiger partial charge in [0.2, 0.25) is 0 Å². The van der Waals surface area contributed by atoms with E-state index in [2.05, 4.69) is 13.8 Å². The molecule has 0 rings (SSSR count). The molecule has 0 aromatic heterocycles. The van der Waals surface area contributed by atoms with Gasteiger partial charge < -0.3 is 0 Å². The highest BCUT2D eigenvalue weighted by atomic mass is 16.1. The lowest BCUT2D eigenvalue weighted by Gasteiger charge is -2.05. The molecule has 1 nitrogen and oxygen atoms in total. The van der Waals surface area contributed by atoms with Crippen LogP contribution in [0.1, 0.15) is 124 Å². The number of carbonyl (C=O) groups excluding carboxylic acids is 1. The van der Waals surface area contributed by atoms with Crippen molar-refractivity contribution in [3.63, 3.8) is 0 Å².